The van der Waals surface area contributed by atoms with E-state index in [-0.39, 0.29) is 0 Å². The molecule has 2 heteroatoms. The van der Waals surface area contributed by atoms with Gasteiger partial charge in [0.15, 0.2) is 0 Å². The molecule has 15 heavy (non-hydrogen) atoms. The Labute approximate surface area is 90.2 Å². The first-order chi connectivity index (χ1) is 7.25. The van der Waals surface area contributed by atoms with Crippen LogP contribution >= 0.6 is 0 Å². The molecule has 0 bridgehead atoms. The van der Waals surface area contributed by atoms with Gasteiger partial charge in [0.1, 0.15) is 6.23 Å². The minimum absolute atomic E-state index is 0.506. The third-order valence-corrected chi connectivity index (χ3v) is 2.45. The van der Waals surface area contributed by atoms with E-state index in [1.807, 2.05) is 42.3 Å². The van der Waals surface area contributed by atoms with E-state index < -0.39 is 6.23 Å². The summed E-state index contributed by atoms with van der Waals surface area (Å²) < 4.78 is 0. The lowest BCUT2D eigenvalue weighted by atomic mass is 10.1. The van der Waals surface area contributed by atoms with Gasteiger partial charge in [0.25, 0.3) is 0 Å². The summed E-state index contributed by atoms with van der Waals surface area (Å²) in [6.07, 6.45) is 5.22. The van der Waals surface area contributed by atoms with Crippen LogP contribution in [0.3, 0.4) is 0 Å². The molecule has 1 aliphatic rings. The monoisotopic (exact) mass is 201 g/mol. The molecule has 0 spiro atoms. The quantitative estimate of drug-likeness (QED) is 0.793. The zero-order chi connectivity index (χ0) is 10.7. The number of aliphatic hydroxyl groups excluding tert-OH is 1. The Morgan fingerprint density at radius 3 is 2.73 bits per heavy atom. The van der Waals surface area contributed by atoms with Crippen molar-refractivity contribution in [3.63, 3.8) is 0 Å². The van der Waals surface area contributed by atoms with Gasteiger partial charge in [0.05, 0.1) is 0 Å². The van der Waals surface area contributed by atoms with Crippen LogP contribution in [-0.4, -0.2) is 16.2 Å². The Morgan fingerprint density at radius 1 is 1.27 bits per heavy atom. The SMILES string of the molecule is CC1=CN(Cc2ccccc2)C(O)C=C1. The number of rotatable bonds is 2. The first-order valence-corrected chi connectivity index (χ1v) is 5.10. The molecular formula is C13H15NO. The highest BCUT2D eigenvalue weighted by molar-refractivity contribution is 5.22. The third kappa shape index (κ3) is 2.48. The van der Waals surface area contributed by atoms with E-state index in [0.717, 1.165) is 12.1 Å². The standard InChI is InChI=1S/C13H15NO/c1-11-7-8-13(15)14(9-11)10-12-5-3-2-4-6-12/h2-9,13,15H,10H2,1H3. The van der Waals surface area contributed by atoms with E-state index in [4.69, 9.17) is 0 Å². The predicted molar refractivity (Wildman–Crippen MR) is 60.9 cm³/mol. The van der Waals surface area contributed by atoms with Crippen molar-refractivity contribution in [2.75, 3.05) is 0 Å². The Hall–Kier alpha value is -1.54. The molecule has 2 nitrogen and oxygen atoms in total. The summed E-state index contributed by atoms with van der Waals surface area (Å²) in [5.74, 6) is 0. The van der Waals surface area contributed by atoms with Gasteiger partial charge in [-0.05, 0) is 24.1 Å². The number of hydrogen-bond donors (Lipinski definition) is 1. The zero-order valence-electron chi connectivity index (χ0n) is 8.80. The Kier molecular flexibility index (Phi) is 2.88. The van der Waals surface area contributed by atoms with Gasteiger partial charge in [-0.2, -0.15) is 0 Å². The fraction of sp³-hybridized carbons (Fsp3) is 0.231. The van der Waals surface area contributed by atoms with Crippen molar-refractivity contribution >= 4 is 0 Å². The van der Waals surface area contributed by atoms with E-state index >= 15 is 0 Å². The molecule has 0 radical (unpaired) electrons. The van der Waals surface area contributed by atoms with Crippen LogP contribution in [0.25, 0.3) is 0 Å². The van der Waals surface area contributed by atoms with Crippen LogP contribution in [-0.2, 0) is 6.54 Å². The van der Waals surface area contributed by atoms with E-state index in [1.54, 1.807) is 6.08 Å². The van der Waals surface area contributed by atoms with Crippen LogP contribution in [0.15, 0.2) is 54.3 Å². The Balaban J connectivity index is 2.10. The molecule has 1 unspecified atom stereocenters. The third-order valence-electron chi connectivity index (χ3n) is 2.45. The summed E-state index contributed by atoms with van der Waals surface area (Å²) in [5, 5.41) is 9.74. The summed E-state index contributed by atoms with van der Waals surface area (Å²) in [7, 11) is 0. The molecule has 1 aromatic carbocycles. The van der Waals surface area contributed by atoms with Gasteiger partial charge in [-0.1, -0.05) is 36.4 Å². The molecular weight excluding hydrogens is 186 g/mol. The van der Waals surface area contributed by atoms with E-state index in [1.165, 1.54) is 5.56 Å². The van der Waals surface area contributed by atoms with E-state index in [0.29, 0.717) is 0 Å². The average Bonchev–Trinajstić information content (AvgIpc) is 2.25. The van der Waals surface area contributed by atoms with Crippen LogP contribution in [0, 0.1) is 0 Å². The molecule has 1 atom stereocenters. The first-order valence-electron chi connectivity index (χ1n) is 5.10. The van der Waals surface area contributed by atoms with Crippen molar-refractivity contribution in [2.45, 2.75) is 19.7 Å². The summed E-state index contributed by atoms with van der Waals surface area (Å²) in [5.41, 5.74) is 2.37. The molecule has 0 saturated carbocycles. The molecule has 78 valence electrons. The minimum atomic E-state index is -0.506. The molecule has 1 aliphatic heterocycles. The molecule has 0 aromatic heterocycles. The predicted octanol–water partition coefficient (Wildman–Crippen LogP) is 2.28. The molecule has 0 aliphatic carbocycles. The van der Waals surface area contributed by atoms with Gasteiger partial charge in [-0.3, -0.25) is 0 Å². The van der Waals surface area contributed by atoms with E-state index in [2.05, 4.69) is 12.1 Å². The minimum Gasteiger partial charge on any atom is -0.370 e. The molecule has 0 amide bonds. The lowest BCUT2D eigenvalue weighted by Gasteiger charge is -2.27. The maximum absolute atomic E-state index is 9.74. The summed E-state index contributed by atoms with van der Waals surface area (Å²) in [6, 6.07) is 10.1. The van der Waals surface area contributed by atoms with Gasteiger partial charge in [-0.25, -0.2) is 0 Å². The van der Waals surface area contributed by atoms with Crippen LogP contribution in [0.5, 0.6) is 0 Å². The summed E-state index contributed by atoms with van der Waals surface area (Å²) in [6.45, 7) is 2.77. The van der Waals surface area contributed by atoms with Crippen molar-refractivity contribution < 1.29 is 5.11 Å². The second-order valence-corrected chi connectivity index (χ2v) is 3.80. The van der Waals surface area contributed by atoms with Gasteiger partial charge >= 0.3 is 0 Å². The van der Waals surface area contributed by atoms with Crippen molar-refractivity contribution in [2.24, 2.45) is 0 Å². The largest absolute Gasteiger partial charge is 0.370 e. The number of aliphatic hydroxyl groups is 1. The fourth-order valence-corrected chi connectivity index (χ4v) is 1.66. The molecule has 0 saturated heterocycles. The second-order valence-electron chi connectivity index (χ2n) is 3.80. The van der Waals surface area contributed by atoms with Crippen molar-refractivity contribution in [3.8, 4) is 0 Å². The normalized spacial score (nSPS) is 20.3. The van der Waals surface area contributed by atoms with Crippen molar-refractivity contribution in [1.82, 2.24) is 4.90 Å². The number of hydrogen-bond acceptors (Lipinski definition) is 2. The number of benzene rings is 1. The smallest absolute Gasteiger partial charge is 0.146 e. The highest BCUT2D eigenvalue weighted by Gasteiger charge is 2.12. The number of allylic oxidation sites excluding steroid dienone is 2. The highest BCUT2D eigenvalue weighted by atomic mass is 16.3. The lowest BCUT2D eigenvalue weighted by molar-refractivity contribution is 0.0713. The fourth-order valence-electron chi connectivity index (χ4n) is 1.66. The van der Waals surface area contributed by atoms with Crippen LogP contribution in [0.1, 0.15) is 12.5 Å². The molecule has 1 aromatic rings. The van der Waals surface area contributed by atoms with Crippen LogP contribution < -0.4 is 0 Å². The van der Waals surface area contributed by atoms with Gasteiger partial charge in [0.2, 0.25) is 0 Å². The summed E-state index contributed by atoms with van der Waals surface area (Å²) in [4.78, 5) is 1.92. The highest BCUT2D eigenvalue weighted by Crippen LogP contribution is 2.15. The average molecular weight is 201 g/mol. The topological polar surface area (TPSA) is 23.5 Å². The Bertz CT molecular complexity index is 381. The van der Waals surface area contributed by atoms with E-state index in [9.17, 15) is 5.11 Å². The van der Waals surface area contributed by atoms with Crippen LogP contribution in [0.2, 0.25) is 0 Å². The first kappa shape index (κ1) is 9.99. The van der Waals surface area contributed by atoms with Crippen molar-refractivity contribution in [3.05, 3.63) is 59.8 Å². The van der Waals surface area contributed by atoms with Gasteiger partial charge < -0.3 is 10.0 Å². The lowest BCUT2D eigenvalue weighted by Crippen LogP contribution is -2.30. The van der Waals surface area contributed by atoms with Gasteiger partial charge in [-0.15, -0.1) is 0 Å². The molecule has 0 fully saturated rings. The maximum atomic E-state index is 9.74. The second kappa shape index (κ2) is 4.32. The van der Waals surface area contributed by atoms with Gasteiger partial charge in [0, 0.05) is 12.7 Å². The molecule has 2 rings (SSSR count). The molecule has 1 heterocycles. The Morgan fingerprint density at radius 2 is 2.00 bits per heavy atom. The zero-order valence-corrected chi connectivity index (χ0v) is 8.80. The molecule has 1 N–H and O–H groups in total. The van der Waals surface area contributed by atoms with Crippen molar-refractivity contribution in [1.29, 1.82) is 0 Å². The number of nitrogens with zero attached hydrogens (tertiary/aromatic N) is 1. The van der Waals surface area contributed by atoms with Crippen LogP contribution in [0.4, 0.5) is 0 Å². The maximum Gasteiger partial charge on any atom is 0.146 e. The summed E-state index contributed by atoms with van der Waals surface area (Å²) >= 11 is 0.